The van der Waals surface area contributed by atoms with Gasteiger partial charge in [0.15, 0.2) is 5.16 Å². The van der Waals surface area contributed by atoms with E-state index in [2.05, 4.69) is 17.2 Å². The van der Waals surface area contributed by atoms with E-state index in [9.17, 15) is 9.59 Å². The molecule has 2 aromatic rings. The van der Waals surface area contributed by atoms with E-state index >= 15 is 0 Å². The Morgan fingerprint density at radius 1 is 1.30 bits per heavy atom. The van der Waals surface area contributed by atoms with Gasteiger partial charge in [-0.3, -0.25) is 14.2 Å². The van der Waals surface area contributed by atoms with E-state index in [-0.39, 0.29) is 23.3 Å². The van der Waals surface area contributed by atoms with Gasteiger partial charge in [-0.1, -0.05) is 30.8 Å². The second kappa shape index (κ2) is 9.37. The van der Waals surface area contributed by atoms with Crippen LogP contribution in [0, 0.1) is 5.92 Å². The molecular formula is C20H27N3O3S. The van der Waals surface area contributed by atoms with E-state index in [1.54, 1.807) is 17.7 Å². The van der Waals surface area contributed by atoms with Crippen LogP contribution in [0.2, 0.25) is 0 Å². The summed E-state index contributed by atoms with van der Waals surface area (Å²) in [5.74, 6) is 1.01. The van der Waals surface area contributed by atoms with Gasteiger partial charge in [0.2, 0.25) is 5.91 Å². The molecule has 1 aromatic carbocycles. The number of hydrogen-bond acceptors (Lipinski definition) is 5. The zero-order valence-electron chi connectivity index (χ0n) is 15.9. The first kappa shape index (κ1) is 19.9. The first-order valence-corrected chi connectivity index (χ1v) is 10.5. The van der Waals surface area contributed by atoms with Gasteiger partial charge in [0, 0.05) is 13.2 Å². The number of nitrogens with one attached hydrogen (secondary N) is 1. The van der Waals surface area contributed by atoms with Crippen molar-refractivity contribution >= 4 is 28.6 Å². The highest BCUT2D eigenvalue weighted by Gasteiger charge is 2.20. The molecule has 0 unspecified atom stereocenters. The van der Waals surface area contributed by atoms with Gasteiger partial charge >= 0.3 is 0 Å². The number of para-hydroxylation sites is 1. The first-order valence-electron chi connectivity index (χ1n) is 9.49. The van der Waals surface area contributed by atoms with Gasteiger partial charge in [0.25, 0.3) is 5.56 Å². The highest BCUT2D eigenvalue weighted by molar-refractivity contribution is 7.99. The van der Waals surface area contributed by atoms with E-state index in [1.807, 2.05) is 18.2 Å². The summed E-state index contributed by atoms with van der Waals surface area (Å²) < 4.78 is 6.73. The molecule has 1 aliphatic carbocycles. The van der Waals surface area contributed by atoms with Crippen molar-refractivity contribution in [2.24, 2.45) is 5.92 Å². The lowest BCUT2D eigenvalue weighted by atomic mass is 9.87. The normalized spacial score (nSPS) is 19.9. The molecule has 1 amide bonds. The minimum Gasteiger partial charge on any atom is -0.383 e. The third kappa shape index (κ3) is 5.11. The number of ether oxygens (including phenoxy) is 1. The maximum Gasteiger partial charge on any atom is 0.262 e. The zero-order chi connectivity index (χ0) is 19.2. The number of rotatable bonds is 7. The molecule has 1 aliphatic rings. The summed E-state index contributed by atoms with van der Waals surface area (Å²) in [5.41, 5.74) is 0.558. The number of carbonyl (C=O) groups is 1. The summed E-state index contributed by atoms with van der Waals surface area (Å²) in [6, 6.07) is 7.57. The fourth-order valence-corrected chi connectivity index (χ4v) is 4.28. The highest BCUT2D eigenvalue weighted by Crippen LogP contribution is 2.24. The van der Waals surface area contributed by atoms with E-state index in [4.69, 9.17) is 4.74 Å². The third-order valence-corrected chi connectivity index (χ3v) is 6.04. The fraction of sp³-hybridized carbons (Fsp3) is 0.550. The highest BCUT2D eigenvalue weighted by atomic mass is 32.2. The summed E-state index contributed by atoms with van der Waals surface area (Å²) in [6.45, 7) is 3.09. The molecule has 146 valence electrons. The first-order chi connectivity index (χ1) is 13.1. The molecule has 27 heavy (non-hydrogen) atoms. The van der Waals surface area contributed by atoms with Gasteiger partial charge in [-0.2, -0.15) is 0 Å². The summed E-state index contributed by atoms with van der Waals surface area (Å²) >= 11 is 1.31. The van der Waals surface area contributed by atoms with Crippen molar-refractivity contribution in [3.05, 3.63) is 34.6 Å². The molecule has 1 aromatic heterocycles. The second-order valence-corrected chi connectivity index (χ2v) is 8.12. The van der Waals surface area contributed by atoms with Crippen LogP contribution >= 0.6 is 11.8 Å². The molecule has 1 heterocycles. The lowest BCUT2D eigenvalue weighted by molar-refractivity contribution is -0.119. The van der Waals surface area contributed by atoms with Crippen LogP contribution in [-0.2, 0) is 16.1 Å². The number of thioether (sulfide) groups is 1. The predicted octanol–water partition coefficient (Wildman–Crippen LogP) is 2.83. The molecule has 0 spiro atoms. The molecule has 0 saturated heterocycles. The number of nitrogens with zero attached hydrogens (tertiary/aromatic N) is 2. The van der Waals surface area contributed by atoms with Crippen molar-refractivity contribution < 1.29 is 9.53 Å². The van der Waals surface area contributed by atoms with Gasteiger partial charge in [-0.05, 0) is 43.7 Å². The van der Waals surface area contributed by atoms with Gasteiger partial charge in [-0.25, -0.2) is 4.98 Å². The van der Waals surface area contributed by atoms with Crippen molar-refractivity contribution in [1.82, 2.24) is 14.9 Å². The monoisotopic (exact) mass is 389 g/mol. The third-order valence-electron chi connectivity index (χ3n) is 5.06. The van der Waals surface area contributed by atoms with E-state index in [0.717, 1.165) is 18.8 Å². The molecule has 0 bridgehead atoms. The average Bonchev–Trinajstić information content (AvgIpc) is 2.68. The Balaban J connectivity index is 1.71. The molecule has 6 nitrogen and oxygen atoms in total. The van der Waals surface area contributed by atoms with Crippen LogP contribution in [0.4, 0.5) is 0 Å². The molecule has 7 heteroatoms. The number of carbonyl (C=O) groups excluding carboxylic acids is 1. The molecule has 0 atom stereocenters. The van der Waals surface area contributed by atoms with Crippen molar-refractivity contribution in [3.63, 3.8) is 0 Å². The van der Waals surface area contributed by atoms with Crippen LogP contribution in [0.1, 0.15) is 32.6 Å². The average molecular weight is 390 g/mol. The van der Waals surface area contributed by atoms with Crippen molar-refractivity contribution in [3.8, 4) is 0 Å². The SMILES string of the molecule is COCCn1c(SCC(=O)NC2CCC(C)CC2)nc2ccccc2c1=O. The Kier molecular flexibility index (Phi) is 6.90. The topological polar surface area (TPSA) is 73.2 Å². The van der Waals surface area contributed by atoms with Crippen LogP contribution in [0.15, 0.2) is 34.2 Å². The van der Waals surface area contributed by atoms with Crippen molar-refractivity contribution in [1.29, 1.82) is 0 Å². The standard InChI is InChI=1S/C20H27N3O3S/c1-14-7-9-15(10-8-14)21-18(24)13-27-20-22-17-6-4-3-5-16(17)19(25)23(20)11-12-26-2/h3-6,14-15H,7-13H2,1-2H3,(H,21,24). The maximum atomic E-state index is 12.8. The quantitative estimate of drug-likeness (QED) is 0.582. The number of aromatic nitrogens is 2. The zero-order valence-corrected chi connectivity index (χ0v) is 16.8. The van der Waals surface area contributed by atoms with Crippen LogP contribution < -0.4 is 10.9 Å². The number of fused-ring (bicyclic) bond motifs is 1. The van der Waals surface area contributed by atoms with Gasteiger partial charge in [0.05, 0.1) is 29.8 Å². The van der Waals surface area contributed by atoms with Crippen LogP contribution in [-0.4, -0.2) is 41.0 Å². The minimum absolute atomic E-state index is 0.000234. The lowest BCUT2D eigenvalue weighted by Crippen LogP contribution is -2.38. The van der Waals surface area contributed by atoms with E-state index < -0.39 is 0 Å². The van der Waals surface area contributed by atoms with Gasteiger partial charge in [-0.15, -0.1) is 0 Å². The molecular weight excluding hydrogens is 362 g/mol. The van der Waals surface area contributed by atoms with Crippen LogP contribution in [0.3, 0.4) is 0 Å². The van der Waals surface area contributed by atoms with Gasteiger partial charge in [0.1, 0.15) is 0 Å². The summed E-state index contributed by atoms with van der Waals surface area (Å²) in [6.07, 6.45) is 4.43. The number of amides is 1. The Bertz CT molecular complexity index is 844. The fourth-order valence-electron chi connectivity index (χ4n) is 3.44. The molecule has 1 fully saturated rings. The molecule has 1 N–H and O–H groups in total. The van der Waals surface area contributed by atoms with Crippen LogP contribution in [0.5, 0.6) is 0 Å². The van der Waals surface area contributed by atoms with Crippen LogP contribution in [0.25, 0.3) is 10.9 Å². The van der Waals surface area contributed by atoms with E-state index in [0.29, 0.717) is 29.2 Å². The molecule has 3 rings (SSSR count). The summed E-state index contributed by atoms with van der Waals surface area (Å²) in [5, 5.41) is 4.27. The van der Waals surface area contributed by atoms with Crippen molar-refractivity contribution in [2.75, 3.05) is 19.5 Å². The molecule has 0 aliphatic heterocycles. The smallest absolute Gasteiger partial charge is 0.262 e. The number of methoxy groups -OCH3 is 1. The summed E-state index contributed by atoms with van der Waals surface area (Å²) in [4.78, 5) is 29.8. The Hall–Kier alpha value is -1.86. The largest absolute Gasteiger partial charge is 0.383 e. The summed E-state index contributed by atoms with van der Waals surface area (Å²) in [7, 11) is 1.60. The minimum atomic E-state index is -0.0955. The molecule has 0 radical (unpaired) electrons. The maximum absolute atomic E-state index is 12.8. The lowest BCUT2D eigenvalue weighted by Gasteiger charge is -2.26. The Labute approximate surface area is 163 Å². The molecule has 1 saturated carbocycles. The number of hydrogen-bond donors (Lipinski definition) is 1. The predicted molar refractivity (Wildman–Crippen MR) is 108 cm³/mol. The number of benzene rings is 1. The van der Waals surface area contributed by atoms with Crippen molar-refractivity contribution in [2.45, 2.75) is 50.4 Å². The van der Waals surface area contributed by atoms with E-state index in [1.165, 1.54) is 24.6 Å². The Morgan fingerprint density at radius 3 is 2.78 bits per heavy atom. The second-order valence-electron chi connectivity index (χ2n) is 7.17. The Morgan fingerprint density at radius 2 is 2.04 bits per heavy atom. The van der Waals surface area contributed by atoms with Gasteiger partial charge < -0.3 is 10.1 Å².